The van der Waals surface area contributed by atoms with Gasteiger partial charge in [-0.1, -0.05) is 37.3 Å². The fraction of sp³-hybridized carbons (Fsp3) is 0.235. The third-order valence-electron chi connectivity index (χ3n) is 3.95. The summed E-state index contributed by atoms with van der Waals surface area (Å²) in [5.41, 5.74) is 2.64. The number of nitrogens with zero attached hydrogens (tertiary/aromatic N) is 1. The van der Waals surface area contributed by atoms with Gasteiger partial charge in [0.2, 0.25) is 0 Å². The molecule has 0 radical (unpaired) electrons. The third-order valence-corrected chi connectivity index (χ3v) is 4.85. The van der Waals surface area contributed by atoms with E-state index in [9.17, 15) is 9.90 Å². The number of hydrogen-bond acceptors (Lipinski definition) is 2. The molecule has 0 saturated carbocycles. The molecule has 0 saturated heterocycles. The molecule has 2 aromatic carbocycles. The Labute approximate surface area is 137 Å². The predicted molar refractivity (Wildman–Crippen MR) is 90.4 cm³/mol. The summed E-state index contributed by atoms with van der Waals surface area (Å²) in [5.74, 6) is 0.506. The molecular formula is C17H16INO2. The summed E-state index contributed by atoms with van der Waals surface area (Å²) in [7, 11) is 0. The molecule has 1 amide bonds. The monoisotopic (exact) mass is 393 g/mol. The Hall–Kier alpha value is -1.56. The van der Waals surface area contributed by atoms with Gasteiger partial charge in [-0.25, -0.2) is 0 Å². The lowest BCUT2D eigenvalue weighted by atomic mass is 10.0. The molecule has 1 aliphatic heterocycles. The number of halogens is 1. The van der Waals surface area contributed by atoms with Crippen molar-refractivity contribution in [1.82, 2.24) is 4.90 Å². The van der Waals surface area contributed by atoms with E-state index in [0.29, 0.717) is 18.7 Å². The first kappa shape index (κ1) is 14.4. The van der Waals surface area contributed by atoms with E-state index in [0.717, 1.165) is 9.13 Å². The Morgan fingerprint density at radius 1 is 1.24 bits per heavy atom. The van der Waals surface area contributed by atoms with Crippen molar-refractivity contribution in [2.75, 3.05) is 6.54 Å². The first-order chi connectivity index (χ1) is 10.1. The molecule has 0 aromatic heterocycles. The van der Waals surface area contributed by atoms with E-state index in [1.807, 2.05) is 23.1 Å². The van der Waals surface area contributed by atoms with Crippen LogP contribution < -0.4 is 0 Å². The van der Waals surface area contributed by atoms with E-state index in [1.54, 1.807) is 12.1 Å². The van der Waals surface area contributed by atoms with Crippen LogP contribution in [-0.4, -0.2) is 22.5 Å². The molecule has 1 aliphatic rings. The number of carbonyl (C=O) groups is 1. The van der Waals surface area contributed by atoms with Gasteiger partial charge in [0.1, 0.15) is 5.75 Å². The number of rotatable bonds is 3. The average Bonchev–Trinajstić information content (AvgIpc) is 2.82. The standard InChI is InChI=1S/C17H16INO2/c1-11(12-5-3-2-4-6-12)9-19-10-13-15(20)8-7-14(18)16(13)17(19)21/h2-8,11,20H,9-10H2,1H3. The van der Waals surface area contributed by atoms with Gasteiger partial charge >= 0.3 is 0 Å². The van der Waals surface area contributed by atoms with E-state index in [-0.39, 0.29) is 17.6 Å². The molecular weight excluding hydrogens is 377 g/mol. The molecule has 3 nitrogen and oxygen atoms in total. The largest absolute Gasteiger partial charge is 0.508 e. The minimum Gasteiger partial charge on any atom is -0.508 e. The van der Waals surface area contributed by atoms with Crippen molar-refractivity contribution < 1.29 is 9.90 Å². The number of phenolic OH excluding ortho intramolecular Hbond substituents is 1. The van der Waals surface area contributed by atoms with E-state index in [2.05, 4.69) is 41.6 Å². The number of phenols is 1. The van der Waals surface area contributed by atoms with Gasteiger partial charge in [-0.05, 0) is 46.2 Å². The van der Waals surface area contributed by atoms with Gasteiger partial charge in [-0.2, -0.15) is 0 Å². The zero-order valence-electron chi connectivity index (χ0n) is 11.7. The van der Waals surface area contributed by atoms with Crippen LogP contribution in [0.5, 0.6) is 5.75 Å². The maximum absolute atomic E-state index is 12.5. The third kappa shape index (κ3) is 2.64. The van der Waals surface area contributed by atoms with Crippen LogP contribution in [0.25, 0.3) is 0 Å². The van der Waals surface area contributed by atoms with Crippen molar-refractivity contribution in [3.63, 3.8) is 0 Å². The lowest BCUT2D eigenvalue weighted by molar-refractivity contribution is 0.0769. The highest BCUT2D eigenvalue weighted by Crippen LogP contribution is 2.34. The fourth-order valence-corrected chi connectivity index (χ4v) is 3.52. The van der Waals surface area contributed by atoms with Crippen LogP contribution in [0, 0.1) is 3.57 Å². The van der Waals surface area contributed by atoms with Crippen LogP contribution in [0.15, 0.2) is 42.5 Å². The number of fused-ring (bicyclic) bond motifs is 1. The molecule has 1 N–H and O–H groups in total. The quantitative estimate of drug-likeness (QED) is 0.807. The Kier molecular flexibility index (Phi) is 3.89. The molecule has 2 aromatic rings. The van der Waals surface area contributed by atoms with Gasteiger partial charge in [0.25, 0.3) is 5.91 Å². The molecule has 4 heteroatoms. The summed E-state index contributed by atoms with van der Waals surface area (Å²) >= 11 is 2.15. The zero-order chi connectivity index (χ0) is 15.0. The number of benzene rings is 2. The highest BCUT2D eigenvalue weighted by Gasteiger charge is 2.32. The maximum Gasteiger partial charge on any atom is 0.255 e. The molecule has 1 unspecified atom stereocenters. The van der Waals surface area contributed by atoms with Crippen LogP contribution in [0.2, 0.25) is 0 Å². The van der Waals surface area contributed by atoms with Gasteiger partial charge < -0.3 is 10.0 Å². The minimum atomic E-state index is 0.0214. The van der Waals surface area contributed by atoms with E-state index >= 15 is 0 Å². The van der Waals surface area contributed by atoms with Crippen LogP contribution in [0.3, 0.4) is 0 Å². The first-order valence-electron chi connectivity index (χ1n) is 6.92. The van der Waals surface area contributed by atoms with Gasteiger partial charge in [0.15, 0.2) is 0 Å². The maximum atomic E-state index is 12.5. The number of hydrogen-bond donors (Lipinski definition) is 1. The molecule has 1 atom stereocenters. The fourth-order valence-electron chi connectivity index (χ4n) is 2.79. The molecule has 0 bridgehead atoms. The molecule has 21 heavy (non-hydrogen) atoms. The Balaban J connectivity index is 1.83. The van der Waals surface area contributed by atoms with Gasteiger partial charge in [0, 0.05) is 15.7 Å². The van der Waals surface area contributed by atoms with Crippen molar-refractivity contribution in [2.24, 2.45) is 0 Å². The number of carbonyl (C=O) groups excluding carboxylic acids is 1. The van der Waals surface area contributed by atoms with Gasteiger partial charge in [-0.15, -0.1) is 0 Å². The minimum absolute atomic E-state index is 0.0214. The summed E-state index contributed by atoms with van der Waals surface area (Å²) in [5, 5.41) is 9.96. The summed E-state index contributed by atoms with van der Waals surface area (Å²) in [4.78, 5) is 14.4. The van der Waals surface area contributed by atoms with Crippen molar-refractivity contribution >= 4 is 28.5 Å². The zero-order valence-corrected chi connectivity index (χ0v) is 13.9. The summed E-state index contributed by atoms with van der Waals surface area (Å²) < 4.78 is 0.903. The second-order valence-electron chi connectivity index (χ2n) is 5.42. The Morgan fingerprint density at radius 2 is 1.95 bits per heavy atom. The van der Waals surface area contributed by atoms with Crippen molar-refractivity contribution in [1.29, 1.82) is 0 Å². The van der Waals surface area contributed by atoms with Crippen LogP contribution in [-0.2, 0) is 6.54 Å². The van der Waals surface area contributed by atoms with Crippen molar-refractivity contribution in [2.45, 2.75) is 19.4 Å². The highest BCUT2D eigenvalue weighted by atomic mass is 127. The summed E-state index contributed by atoms with van der Waals surface area (Å²) in [6.45, 7) is 3.28. The number of aromatic hydroxyl groups is 1. The SMILES string of the molecule is CC(CN1Cc2c(O)ccc(I)c2C1=O)c1ccccc1. The molecule has 0 aliphatic carbocycles. The predicted octanol–water partition coefficient (Wildman–Crippen LogP) is 3.76. The summed E-state index contributed by atoms with van der Waals surface area (Å²) in [6, 6.07) is 13.6. The summed E-state index contributed by atoms with van der Waals surface area (Å²) in [6.07, 6.45) is 0. The number of amides is 1. The van der Waals surface area contributed by atoms with Gasteiger partial charge in [-0.3, -0.25) is 4.79 Å². The second kappa shape index (κ2) is 5.67. The molecule has 0 fully saturated rings. The topological polar surface area (TPSA) is 40.5 Å². The Morgan fingerprint density at radius 3 is 2.62 bits per heavy atom. The molecule has 0 spiro atoms. The Bertz CT molecular complexity index is 685. The van der Waals surface area contributed by atoms with Crippen molar-refractivity contribution in [3.05, 3.63) is 62.7 Å². The molecule has 3 rings (SSSR count). The van der Waals surface area contributed by atoms with E-state index < -0.39 is 0 Å². The van der Waals surface area contributed by atoms with E-state index in [4.69, 9.17) is 0 Å². The average molecular weight is 393 g/mol. The van der Waals surface area contributed by atoms with Crippen molar-refractivity contribution in [3.8, 4) is 5.75 Å². The lowest BCUT2D eigenvalue weighted by Crippen LogP contribution is -2.28. The molecule has 108 valence electrons. The van der Waals surface area contributed by atoms with Crippen LogP contribution >= 0.6 is 22.6 Å². The van der Waals surface area contributed by atoms with E-state index in [1.165, 1.54) is 5.56 Å². The molecule has 1 heterocycles. The van der Waals surface area contributed by atoms with Crippen LogP contribution in [0.1, 0.15) is 34.3 Å². The smallest absolute Gasteiger partial charge is 0.255 e. The first-order valence-corrected chi connectivity index (χ1v) is 8.00. The lowest BCUT2D eigenvalue weighted by Gasteiger charge is -2.21. The normalized spacial score (nSPS) is 15.1. The second-order valence-corrected chi connectivity index (χ2v) is 6.58. The highest BCUT2D eigenvalue weighted by molar-refractivity contribution is 14.1. The van der Waals surface area contributed by atoms with Gasteiger partial charge in [0.05, 0.1) is 12.1 Å². The van der Waals surface area contributed by atoms with Crippen LogP contribution in [0.4, 0.5) is 0 Å².